The van der Waals surface area contributed by atoms with Gasteiger partial charge in [-0.15, -0.1) is 0 Å². The Balaban J connectivity index is 3.45. The number of allylic oxidation sites excluding steroid dienone is 1. The molecule has 0 amide bonds. The molecule has 0 aliphatic carbocycles. The third-order valence-electron chi connectivity index (χ3n) is 2.65. The van der Waals surface area contributed by atoms with E-state index in [0.29, 0.717) is 5.84 Å². The Bertz CT molecular complexity index is 492. The average molecular weight is 245 g/mol. The van der Waals surface area contributed by atoms with Gasteiger partial charge in [-0.05, 0) is 18.6 Å². The predicted molar refractivity (Wildman–Crippen MR) is 77.5 cm³/mol. The van der Waals surface area contributed by atoms with Crippen molar-refractivity contribution in [1.29, 1.82) is 0 Å². The monoisotopic (exact) mass is 245 g/mol. The van der Waals surface area contributed by atoms with Crippen molar-refractivity contribution in [1.82, 2.24) is 5.01 Å². The fraction of sp³-hybridized carbons (Fsp3) is 0.286. The maximum absolute atomic E-state index is 5.48. The van der Waals surface area contributed by atoms with Crippen LogP contribution in [0, 0.1) is 0 Å². The van der Waals surface area contributed by atoms with E-state index < -0.39 is 0 Å². The molecule has 0 atom stereocenters. The zero-order valence-corrected chi connectivity index (χ0v) is 11.4. The summed E-state index contributed by atoms with van der Waals surface area (Å²) in [5.41, 5.74) is 2.78. The van der Waals surface area contributed by atoms with Crippen LogP contribution >= 0.6 is 0 Å². The lowest BCUT2D eigenvalue weighted by Gasteiger charge is -2.19. The molecule has 4 nitrogen and oxygen atoms in total. The zero-order chi connectivity index (χ0) is 13.7. The largest absolute Gasteiger partial charge is 0.495 e. The maximum atomic E-state index is 5.48. The standard InChI is InChI=1S/C14H19N3O/c1-10(2)11-8-7-9-12(13(11)18-6)14(15-3)17(5)16-4/h7-9H,1,4H2,2-3,5-6H3. The lowest BCUT2D eigenvalue weighted by molar-refractivity contribution is 0.411. The van der Waals surface area contributed by atoms with Gasteiger partial charge in [-0.1, -0.05) is 18.7 Å². The van der Waals surface area contributed by atoms with Crippen LogP contribution in [-0.4, -0.2) is 38.8 Å². The Labute approximate surface area is 108 Å². The second-order valence-corrected chi connectivity index (χ2v) is 3.88. The molecule has 1 aromatic carbocycles. The van der Waals surface area contributed by atoms with E-state index in [4.69, 9.17) is 4.74 Å². The molecule has 0 radical (unpaired) electrons. The van der Waals surface area contributed by atoms with Gasteiger partial charge in [-0.2, -0.15) is 5.10 Å². The number of benzene rings is 1. The first-order valence-corrected chi connectivity index (χ1v) is 5.57. The SMILES string of the molecule is C=NN(C)C(=NC)c1cccc(C(=C)C)c1OC. The van der Waals surface area contributed by atoms with Crippen molar-refractivity contribution in [2.24, 2.45) is 10.1 Å². The van der Waals surface area contributed by atoms with Crippen molar-refractivity contribution >= 4 is 18.1 Å². The van der Waals surface area contributed by atoms with Gasteiger partial charge < -0.3 is 4.74 Å². The molecule has 0 fully saturated rings. The van der Waals surface area contributed by atoms with E-state index >= 15 is 0 Å². The molecule has 0 N–H and O–H groups in total. The molecule has 0 aromatic heterocycles. The van der Waals surface area contributed by atoms with E-state index in [1.54, 1.807) is 26.2 Å². The summed E-state index contributed by atoms with van der Waals surface area (Å²) in [6, 6.07) is 5.86. The Morgan fingerprint density at radius 3 is 2.39 bits per heavy atom. The second-order valence-electron chi connectivity index (χ2n) is 3.88. The van der Waals surface area contributed by atoms with Crippen LogP contribution in [0.1, 0.15) is 18.1 Å². The minimum absolute atomic E-state index is 0.699. The lowest BCUT2D eigenvalue weighted by Crippen LogP contribution is -2.22. The van der Waals surface area contributed by atoms with E-state index in [2.05, 4.69) is 23.4 Å². The van der Waals surface area contributed by atoms with Crippen LogP contribution in [0.2, 0.25) is 0 Å². The van der Waals surface area contributed by atoms with Gasteiger partial charge in [0, 0.05) is 26.4 Å². The molecular formula is C14H19N3O. The number of nitrogens with zero attached hydrogens (tertiary/aromatic N) is 3. The smallest absolute Gasteiger partial charge is 0.154 e. The molecule has 0 saturated carbocycles. The van der Waals surface area contributed by atoms with Gasteiger partial charge in [0.25, 0.3) is 0 Å². The number of rotatable bonds is 4. The number of hydrazone groups is 1. The van der Waals surface area contributed by atoms with Crippen LogP contribution in [0.25, 0.3) is 5.57 Å². The number of amidine groups is 1. The summed E-state index contributed by atoms with van der Waals surface area (Å²) in [4.78, 5) is 4.24. The number of methoxy groups -OCH3 is 1. The first-order chi connectivity index (χ1) is 8.56. The highest BCUT2D eigenvalue weighted by molar-refractivity contribution is 6.02. The van der Waals surface area contributed by atoms with Crippen molar-refractivity contribution in [3.8, 4) is 5.75 Å². The van der Waals surface area contributed by atoms with Gasteiger partial charge >= 0.3 is 0 Å². The van der Waals surface area contributed by atoms with Crippen LogP contribution in [0.15, 0.2) is 34.9 Å². The average Bonchev–Trinajstić information content (AvgIpc) is 2.38. The molecule has 0 heterocycles. The van der Waals surface area contributed by atoms with Crippen molar-refractivity contribution < 1.29 is 4.74 Å². The Kier molecular flexibility index (Phi) is 4.66. The molecule has 0 saturated heterocycles. The molecule has 1 rings (SSSR count). The third kappa shape index (κ3) is 2.59. The Morgan fingerprint density at radius 2 is 1.94 bits per heavy atom. The predicted octanol–water partition coefficient (Wildman–Crippen LogP) is 2.65. The second kappa shape index (κ2) is 6.00. The van der Waals surface area contributed by atoms with Gasteiger partial charge in [-0.25, -0.2) is 0 Å². The fourth-order valence-electron chi connectivity index (χ4n) is 1.78. The Morgan fingerprint density at radius 1 is 1.33 bits per heavy atom. The van der Waals surface area contributed by atoms with Crippen LogP contribution in [0.5, 0.6) is 5.75 Å². The summed E-state index contributed by atoms with van der Waals surface area (Å²) in [6.45, 7) is 9.41. The van der Waals surface area contributed by atoms with Crippen molar-refractivity contribution in [2.75, 3.05) is 21.2 Å². The number of hydrogen-bond acceptors (Lipinski definition) is 3. The first kappa shape index (κ1) is 14.0. The molecule has 1 aromatic rings. The Hall–Kier alpha value is -2.10. The summed E-state index contributed by atoms with van der Waals surface area (Å²) in [5.74, 6) is 1.45. The summed E-state index contributed by atoms with van der Waals surface area (Å²) in [7, 11) is 5.14. The molecular weight excluding hydrogens is 226 g/mol. The number of ether oxygens (including phenoxy) is 1. The van der Waals surface area contributed by atoms with Crippen LogP contribution in [0.4, 0.5) is 0 Å². The van der Waals surface area contributed by atoms with Crippen molar-refractivity contribution in [2.45, 2.75) is 6.92 Å². The van der Waals surface area contributed by atoms with Crippen LogP contribution < -0.4 is 4.74 Å². The van der Waals surface area contributed by atoms with E-state index in [0.717, 1.165) is 22.4 Å². The highest BCUT2D eigenvalue weighted by Crippen LogP contribution is 2.29. The molecule has 4 heteroatoms. The van der Waals surface area contributed by atoms with Crippen LogP contribution in [0.3, 0.4) is 0 Å². The lowest BCUT2D eigenvalue weighted by atomic mass is 10.0. The molecule has 0 unspecified atom stereocenters. The van der Waals surface area contributed by atoms with E-state index in [1.165, 1.54) is 0 Å². The summed E-state index contributed by atoms with van der Waals surface area (Å²) in [5, 5.41) is 5.47. The third-order valence-corrected chi connectivity index (χ3v) is 2.65. The summed E-state index contributed by atoms with van der Waals surface area (Å²) < 4.78 is 5.48. The van der Waals surface area contributed by atoms with Gasteiger partial charge in [0.15, 0.2) is 5.84 Å². The van der Waals surface area contributed by atoms with Gasteiger partial charge in [-0.3, -0.25) is 10.0 Å². The van der Waals surface area contributed by atoms with E-state index in [-0.39, 0.29) is 0 Å². The highest BCUT2D eigenvalue weighted by Gasteiger charge is 2.16. The first-order valence-electron chi connectivity index (χ1n) is 5.57. The van der Waals surface area contributed by atoms with Crippen molar-refractivity contribution in [3.63, 3.8) is 0 Å². The summed E-state index contributed by atoms with van der Waals surface area (Å²) >= 11 is 0. The topological polar surface area (TPSA) is 37.2 Å². The maximum Gasteiger partial charge on any atom is 0.154 e. The van der Waals surface area contributed by atoms with Crippen LogP contribution in [-0.2, 0) is 0 Å². The normalized spacial score (nSPS) is 11.0. The molecule has 0 bridgehead atoms. The van der Waals surface area contributed by atoms with Gasteiger partial charge in [0.2, 0.25) is 0 Å². The fourth-order valence-corrected chi connectivity index (χ4v) is 1.78. The number of aliphatic imine (C=N–C) groups is 1. The molecule has 96 valence electrons. The molecule has 18 heavy (non-hydrogen) atoms. The highest BCUT2D eigenvalue weighted by atomic mass is 16.5. The molecule has 0 spiro atoms. The molecule has 0 aliphatic rings. The minimum atomic E-state index is 0.699. The van der Waals surface area contributed by atoms with Gasteiger partial charge in [0.1, 0.15) is 5.75 Å². The zero-order valence-electron chi connectivity index (χ0n) is 11.4. The summed E-state index contributed by atoms with van der Waals surface area (Å²) in [6.07, 6.45) is 0. The number of hydrogen-bond donors (Lipinski definition) is 0. The molecule has 0 aliphatic heterocycles. The van der Waals surface area contributed by atoms with Gasteiger partial charge in [0.05, 0.1) is 12.7 Å². The van der Waals surface area contributed by atoms with E-state index in [9.17, 15) is 0 Å². The number of para-hydroxylation sites is 1. The van der Waals surface area contributed by atoms with Crippen molar-refractivity contribution in [3.05, 3.63) is 35.9 Å². The minimum Gasteiger partial charge on any atom is -0.495 e. The van der Waals surface area contributed by atoms with E-state index in [1.807, 2.05) is 25.1 Å². The quantitative estimate of drug-likeness (QED) is 0.464.